The zero-order valence-electron chi connectivity index (χ0n) is 13.4. The van der Waals surface area contributed by atoms with Crippen molar-refractivity contribution in [1.82, 2.24) is 9.97 Å². The minimum absolute atomic E-state index is 0.0403. The van der Waals surface area contributed by atoms with Crippen molar-refractivity contribution in [2.75, 3.05) is 28.2 Å². The van der Waals surface area contributed by atoms with Gasteiger partial charge in [-0.15, -0.1) is 0 Å². The predicted octanol–water partition coefficient (Wildman–Crippen LogP) is 2.20. The number of amides is 2. The highest BCUT2D eigenvalue weighted by Gasteiger charge is 2.38. The van der Waals surface area contributed by atoms with Gasteiger partial charge >= 0.3 is 12.0 Å². The summed E-state index contributed by atoms with van der Waals surface area (Å²) >= 11 is 0. The van der Waals surface area contributed by atoms with Gasteiger partial charge in [0.25, 0.3) is 0 Å². The fourth-order valence-corrected chi connectivity index (χ4v) is 3.41. The maximum absolute atomic E-state index is 12.9. The van der Waals surface area contributed by atoms with Crippen LogP contribution in [-0.2, 0) is 0 Å². The summed E-state index contributed by atoms with van der Waals surface area (Å²) in [6, 6.07) is 8.08. The average Bonchev–Trinajstić information content (AvgIpc) is 2.62. The molecule has 2 amide bonds. The fourth-order valence-electron chi connectivity index (χ4n) is 3.41. The zero-order valence-corrected chi connectivity index (χ0v) is 13.4. The highest BCUT2D eigenvalue weighted by Crippen LogP contribution is 2.38. The largest absolute Gasteiger partial charge is 0.477 e. The van der Waals surface area contributed by atoms with E-state index < -0.39 is 5.97 Å². The lowest BCUT2D eigenvalue weighted by atomic mass is 10.00. The van der Waals surface area contributed by atoms with Crippen molar-refractivity contribution in [2.45, 2.75) is 18.9 Å². The van der Waals surface area contributed by atoms with Gasteiger partial charge in [-0.2, -0.15) is 0 Å². The van der Waals surface area contributed by atoms with Gasteiger partial charge in [-0.3, -0.25) is 10.2 Å². The lowest BCUT2D eigenvalue weighted by molar-refractivity contribution is 0.0690. The number of piperidine rings is 1. The molecule has 2 N–H and O–H groups in total. The van der Waals surface area contributed by atoms with Crippen molar-refractivity contribution in [3.63, 3.8) is 0 Å². The molecule has 2 aliphatic rings. The Balaban J connectivity index is 1.73. The van der Waals surface area contributed by atoms with Gasteiger partial charge in [0.2, 0.25) is 0 Å². The minimum atomic E-state index is -1.11. The van der Waals surface area contributed by atoms with Crippen LogP contribution in [0.5, 0.6) is 0 Å². The Labute approximate surface area is 144 Å². The van der Waals surface area contributed by atoms with Gasteiger partial charge < -0.3 is 10.0 Å². The van der Waals surface area contributed by atoms with Crippen LogP contribution in [-0.4, -0.2) is 46.2 Å². The van der Waals surface area contributed by atoms with Crippen LogP contribution >= 0.6 is 0 Å². The number of aromatic carboxylic acids is 1. The van der Waals surface area contributed by atoms with Crippen LogP contribution in [0, 0.1) is 0 Å². The SMILES string of the molecule is O=C(O)c1ccc2c(n1)N(C(=O)Nc1ccccn1)[C@H]1CCCN2C1. The molecule has 2 aromatic rings. The molecular formula is C17H17N5O3. The van der Waals surface area contributed by atoms with Crippen LogP contribution in [0.15, 0.2) is 36.5 Å². The Hall–Kier alpha value is -3.16. The first-order valence-electron chi connectivity index (χ1n) is 8.14. The molecule has 2 aromatic heterocycles. The van der Waals surface area contributed by atoms with E-state index in [4.69, 9.17) is 0 Å². The molecule has 128 valence electrons. The van der Waals surface area contributed by atoms with Crippen molar-refractivity contribution in [3.05, 3.63) is 42.2 Å². The molecule has 2 aliphatic heterocycles. The summed E-state index contributed by atoms with van der Waals surface area (Å²) in [4.78, 5) is 36.3. The minimum Gasteiger partial charge on any atom is -0.477 e. The Kier molecular flexibility index (Phi) is 3.72. The Morgan fingerprint density at radius 3 is 2.88 bits per heavy atom. The van der Waals surface area contributed by atoms with Gasteiger partial charge in [-0.05, 0) is 37.1 Å². The Bertz CT molecular complexity index is 826. The molecule has 4 heterocycles. The van der Waals surface area contributed by atoms with Crippen LogP contribution in [0.2, 0.25) is 0 Å². The Morgan fingerprint density at radius 1 is 1.24 bits per heavy atom. The third-order valence-corrected chi connectivity index (χ3v) is 4.52. The predicted molar refractivity (Wildman–Crippen MR) is 92.2 cm³/mol. The summed E-state index contributed by atoms with van der Waals surface area (Å²) in [5.74, 6) is -0.274. The number of fused-ring (bicyclic) bond motifs is 4. The third-order valence-electron chi connectivity index (χ3n) is 4.52. The van der Waals surface area contributed by atoms with E-state index in [2.05, 4.69) is 20.2 Å². The number of aromatic nitrogens is 2. The number of urea groups is 1. The van der Waals surface area contributed by atoms with Gasteiger partial charge in [0.1, 0.15) is 5.82 Å². The molecule has 0 unspecified atom stereocenters. The number of carboxylic acid groups (broad SMARTS) is 1. The van der Waals surface area contributed by atoms with E-state index in [9.17, 15) is 14.7 Å². The maximum atomic E-state index is 12.9. The number of carbonyl (C=O) groups is 2. The summed E-state index contributed by atoms with van der Waals surface area (Å²) in [7, 11) is 0. The van der Waals surface area contributed by atoms with E-state index in [1.54, 1.807) is 35.4 Å². The summed E-state index contributed by atoms with van der Waals surface area (Å²) in [6.45, 7) is 1.60. The molecule has 8 nitrogen and oxygen atoms in total. The van der Waals surface area contributed by atoms with E-state index in [1.165, 1.54) is 6.07 Å². The quantitative estimate of drug-likeness (QED) is 0.870. The molecule has 1 saturated heterocycles. The van der Waals surface area contributed by atoms with Crippen LogP contribution in [0.25, 0.3) is 0 Å². The molecule has 25 heavy (non-hydrogen) atoms. The second-order valence-corrected chi connectivity index (χ2v) is 6.10. The lowest BCUT2D eigenvalue weighted by Gasteiger charge is -2.45. The summed E-state index contributed by atoms with van der Waals surface area (Å²) in [6.07, 6.45) is 3.42. The molecule has 0 radical (unpaired) electrons. The molecular weight excluding hydrogens is 322 g/mol. The van der Waals surface area contributed by atoms with Crippen molar-refractivity contribution < 1.29 is 14.7 Å². The number of hydrogen-bond donors (Lipinski definition) is 2. The number of carbonyl (C=O) groups excluding carboxylic acids is 1. The molecule has 1 fully saturated rings. The Morgan fingerprint density at radius 2 is 2.12 bits per heavy atom. The molecule has 1 atom stereocenters. The molecule has 2 bridgehead atoms. The normalized spacial score (nSPS) is 18.5. The maximum Gasteiger partial charge on any atom is 0.354 e. The monoisotopic (exact) mass is 339 g/mol. The molecule has 0 spiro atoms. The van der Waals surface area contributed by atoms with Crippen molar-refractivity contribution in [2.24, 2.45) is 0 Å². The van der Waals surface area contributed by atoms with Gasteiger partial charge in [0.05, 0.1) is 11.7 Å². The van der Waals surface area contributed by atoms with E-state index in [-0.39, 0.29) is 17.8 Å². The number of rotatable bonds is 2. The van der Waals surface area contributed by atoms with Crippen molar-refractivity contribution >= 4 is 29.3 Å². The average molecular weight is 339 g/mol. The third kappa shape index (κ3) is 2.75. The van der Waals surface area contributed by atoms with Crippen molar-refractivity contribution in [3.8, 4) is 0 Å². The topological polar surface area (TPSA) is 98.7 Å². The van der Waals surface area contributed by atoms with E-state index in [0.29, 0.717) is 11.6 Å². The summed E-state index contributed by atoms with van der Waals surface area (Å²) in [5, 5.41) is 12.0. The van der Waals surface area contributed by atoms with Gasteiger partial charge in [0.15, 0.2) is 11.5 Å². The van der Waals surface area contributed by atoms with Gasteiger partial charge in [-0.1, -0.05) is 6.07 Å². The summed E-state index contributed by atoms with van der Waals surface area (Å²) < 4.78 is 0. The zero-order chi connectivity index (χ0) is 17.4. The molecule has 8 heteroatoms. The van der Waals surface area contributed by atoms with Crippen LogP contribution in [0.3, 0.4) is 0 Å². The number of anilines is 3. The first kappa shape index (κ1) is 15.4. The number of nitrogens with zero attached hydrogens (tertiary/aromatic N) is 4. The second-order valence-electron chi connectivity index (χ2n) is 6.10. The molecule has 0 saturated carbocycles. The van der Waals surface area contributed by atoms with Crippen molar-refractivity contribution in [1.29, 1.82) is 0 Å². The van der Waals surface area contributed by atoms with Crippen LogP contribution in [0.4, 0.5) is 22.1 Å². The highest BCUT2D eigenvalue weighted by atomic mass is 16.4. The molecule has 0 aliphatic carbocycles. The van der Waals surface area contributed by atoms with E-state index in [0.717, 1.165) is 31.6 Å². The summed E-state index contributed by atoms with van der Waals surface area (Å²) in [5.41, 5.74) is 0.715. The smallest absolute Gasteiger partial charge is 0.354 e. The standard InChI is InChI=1S/C17H17N5O3/c23-16(24)12-6-7-13-15(19-12)22(11-4-3-9-21(13)10-11)17(25)20-14-5-1-2-8-18-14/h1-2,5-8,11H,3-4,9-10H2,(H,23,24)(H,18,20,25)/t11-/m0/s1. The van der Waals surface area contributed by atoms with Gasteiger partial charge in [0, 0.05) is 19.3 Å². The lowest BCUT2D eigenvalue weighted by Crippen LogP contribution is -2.56. The second kappa shape index (κ2) is 6.04. The molecule has 0 aromatic carbocycles. The number of pyridine rings is 2. The number of carboxylic acids is 1. The van der Waals surface area contributed by atoms with Crippen LogP contribution in [0.1, 0.15) is 23.3 Å². The number of hydrogen-bond acceptors (Lipinski definition) is 5. The molecule has 4 rings (SSSR count). The number of nitrogens with one attached hydrogen (secondary N) is 1. The van der Waals surface area contributed by atoms with Crippen LogP contribution < -0.4 is 15.1 Å². The van der Waals surface area contributed by atoms with E-state index >= 15 is 0 Å². The van der Waals surface area contributed by atoms with E-state index in [1.807, 2.05) is 0 Å². The first-order chi connectivity index (χ1) is 12.1. The first-order valence-corrected chi connectivity index (χ1v) is 8.14. The fraction of sp³-hybridized carbons (Fsp3) is 0.294. The highest BCUT2D eigenvalue weighted by molar-refractivity contribution is 6.04. The van der Waals surface area contributed by atoms with Gasteiger partial charge in [-0.25, -0.2) is 19.6 Å².